The molecule has 0 heterocycles. The highest BCUT2D eigenvalue weighted by atomic mass is 16.3. The van der Waals surface area contributed by atoms with Gasteiger partial charge in [-0.1, -0.05) is 34.6 Å². The Labute approximate surface area is 76.2 Å². The third-order valence-electron chi connectivity index (χ3n) is 3.18. The van der Waals surface area contributed by atoms with Crippen molar-refractivity contribution in [2.75, 3.05) is 6.54 Å². The summed E-state index contributed by atoms with van der Waals surface area (Å²) in [6.07, 6.45) is 0.759. The van der Waals surface area contributed by atoms with Gasteiger partial charge in [-0.05, 0) is 12.3 Å². The Bertz CT molecular complexity index is 143. The molecule has 0 saturated heterocycles. The summed E-state index contributed by atoms with van der Waals surface area (Å²) in [6.45, 7) is 10.7. The van der Waals surface area contributed by atoms with E-state index >= 15 is 0 Å². The lowest BCUT2D eigenvalue weighted by Crippen LogP contribution is -2.52. The second-order valence-corrected chi connectivity index (χ2v) is 4.52. The summed E-state index contributed by atoms with van der Waals surface area (Å²) in [4.78, 5) is 0. The molecular formula is C10H23NO. The maximum absolute atomic E-state index is 10.3. The molecule has 0 aromatic heterocycles. The Kier molecular flexibility index (Phi) is 3.73. The summed E-state index contributed by atoms with van der Waals surface area (Å²) in [6, 6.07) is 0. The van der Waals surface area contributed by atoms with Gasteiger partial charge in [-0.15, -0.1) is 0 Å². The van der Waals surface area contributed by atoms with E-state index in [9.17, 15) is 5.11 Å². The lowest BCUT2D eigenvalue weighted by molar-refractivity contribution is -0.101. The zero-order chi connectivity index (χ0) is 9.99. The lowest BCUT2D eigenvalue weighted by Gasteiger charge is -2.44. The molecule has 0 fully saturated rings. The molecule has 0 aliphatic carbocycles. The van der Waals surface area contributed by atoms with Crippen molar-refractivity contribution in [2.45, 2.75) is 46.6 Å². The fourth-order valence-corrected chi connectivity index (χ4v) is 1.85. The Morgan fingerprint density at radius 2 is 1.75 bits per heavy atom. The van der Waals surface area contributed by atoms with Crippen LogP contribution < -0.4 is 5.73 Å². The van der Waals surface area contributed by atoms with Crippen LogP contribution in [-0.4, -0.2) is 17.3 Å². The zero-order valence-corrected chi connectivity index (χ0v) is 9.02. The van der Waals surface area contributed by atoms with Crippen LogP contribution in [0.1, 0.15) is 41.0 Å². The van der Waals surface area contributed by atoms with E-state index < -0.39 is 5.60 Å². The van der Waals surface area contributed by atoms with Gasteiger partial charge in [0.1, 0.15) is 0 Å². The molecule has 1 atom stereocenters. The Morgan fingerprint density at radius 1 is 1.33 bits per heavy atom. The maximum atomic E-state index is 10.3. The summed E-state index contributed by atoms with van der Waals surface area (Å²) in [5.74, 6) is 0.251. The topological polar surface area (TPSA) is 46.2 Å². The molecule has 0 aromatic carbocycles. The van der Waals surface area contributed by atoms with Gasteiger partial charge in [-0.2, -0.15) is 0 Å². The van der Waals surface area contributed by atoms with E-state index in [1.807, 2.05) is 34.6 Å². The molecule has 0 spiro atoms. The third kappa shape index (κ3) is 1.80. The van der Waals surface area contributed by atoms with Gasteiger partial charge in [0.2, 0.25) is 0 Å². The average Bonchev–Trinajstić information content (AvgIpc) is 2.02. The number of nitrogens with two attached hydrogens (primary N) is 1. The van der Waals surface area contributed by atoms with Crippen molar-refractivity contribution >= 4 is 0 Å². The van der Waals surface area contributed by atoms with E-state index in [0.29, 0.717) is 6.54 Å². The maximum Gasteiger partial charge on any atom is 0.0730 e. The molecule has 0 saturated carbocycles. The van der Waals surface area contributed by atoms with Crippen molar-refractivity contribution in [3.05, 3.63) is 0 Å². The highest BCUT2D eigenvalue weighted by Gasteiger charge is 2.43. The van der Waals surface area contributed by atoms with Crippen LogP contribution in [0.4, 0.5) is 0 Å². The molecule has 1 unspecified atom stereocenters. The normalized spacial score (nSPS) is 18.0. The molecule has 0 rings (SSSR count). The van der Waals surface area contributed by atoms with Crippen molar-refractivity contribution in [2.24, 2.45) is 17.1 Å². The standard InChI is InChI=1S/C10H23NO/c1-6-10(12,8(2)3)9(4,5)7-11/h8,12H,6-7,11H2,1-5H3. The number of rotatable bonds is 4. The summed E-state index contributed by atoms with van der Waals surface area (Å²) in [7, 11) is 0. The molecule has 0 radical (unpaired) electrons. The molecule has 74 valence electrons. The van der Waals surface area contributed by atoms with Crippen LogP contribution in [0.5, 0.6) is 0 Å². The second kappa shape index (κ2) is 3.75. The van der Waals surface area contributed by atoms with Gasteiger partial charge in [0.15, 0.2) is 0 Å². The average molecular weight is 173 g/mol. The minimum absolute atomic E-state index is 0.198. The van der Waals surface area contributed by atoms with E-state index in [2.05, 4.69) is 0 Å². The van der Waals surface area contributed by atoms with E-state index in [1.165, 1.54) is 0 Å². The first-order chi connectivity index (χ1) is 5.31. The minimum Gasteiger partial charge on any atom is -0.389 e. The van der Waals surface area contributed by atoms with Gasteiger partial charge in [0, 0.05) is 12.0 Å². The predicted octanol–water partition coefficient (Wildman–Crippen LogP) is 1.77. The summed E-state index contributed by atoms with van der Waals surface area (Å²) in [5.41, 5.74) is 4.81. The van der Waals surface area contributed by atoms with Crippen LogP contribution >= 0.6 is 0 Å². The molecule has 3 N–H and O–H groups in total. The van der Waals surface area contributed by atoms with Crippen molar-refractivity contribution < 1.29 is 5.11 Å². The zero-order valence-electron chi connectivity index (χ0n) is 9.02. The molecule has 0 aliphatic rings. The fourth-order valence-electron chi connectivity index (χ4n) is 1.85. The van der Waals surface area contributed by atoms with E-state index in [0.717, 1.165) is 6.42 Å². The van der Waals surface area contributed by atoms with Crippen LogP contribution in [-0.2, 0) is 0 Å². The SMILES string of the molecule is CCC(O)(C(C)C)C(C)(C)CN. The Hall–Kier alpha value is -0.0800. The van der Waals surface area contributed by atoms with Crippen molar-refractivity contribution in [3.8, 4) is 0 Å². The first-order valence-electron chi connectivity index (χ1n) is 4.74. The molecule has 0 aliphatic heterocycles. The van der Waals surface area contributed by atoms with Gasteiger partial charge < -0.3 is 10.8 Å². The van der Waals surface area contributed by atoms with Gasteiger partial charge >= 0.3 is 0 Å². The van der Waals surface area contributed by atoms with E-state index in [1.54, 1.807) is 0 Å². The summed E-state index contributed by atoms with van der Waals surface area (Å²) < 4.78 is 0. The molecule has 0 aromatic rings. The van der Waals surface area contributed by atoms with Crippen molar-refractivity contribution in [3.63, 3.8) is 0 Å². The molecule has 2 heteroatoms. The number of aliphatic hydroxyl groups is 1. The summed E-state index contributed by atoms with van der Waals surface area (Å²) >= 11 is 0. The van der Waals surface area contributed by atoms with Crippen LogP contribution in [0.2, 0.25) is 0 Å². The largest absolute Gasteiger partial charge is 0.389 e. The first-order valence-corrected chi connectivity index (χ1v) is 4.74. The number of hydrogen-bond donors (Lipinski definition) is 2. The van der Waals surface area contributed by atoms with E-state index in [4.69, 9.17) is 5.73 Å². The van der Waals surface area contributed by atoms with Gasteiger partial charge in [-0.25, -0.2) is 0 Å². The van der Waals surface area contributed by atoms with Gasteiger partial charge in [-0.3, -0.25) is 0 Å². The van der Waals surface area contributed by atoms with E-state index in [-0.39, 0.29) is 11.3 Å². The van der Waals surface area contributed by atoms with Crippen LogP contribution in [0.15, 0.2) is 0 Å². The Balaban J connectivity index is 4.74. The quantitative estimate of drug-likeness (QED) is 0.680. The minimum atomic E-state index is -0.637. The van der Waals surface area contributed by atoms with Gasteiger partial charge in [0.05, 0.1) is 5.60 Å². The number of hydrogen-bond acceptors (Lipinski definition) is 2. The lowest BCUT2D eigenvalue weighted by atomic mass is 9.67. The smallest absolute Gasteiger partial charge is 0.0730 e. The van der Waals surface area contributed by atoms with Crippen LogP contribution in [0.25, 0.3) is 0 Å². The summed E-state index contributed by atoms with van der Waals surface area (Å²) in [5, 5.41) is 10.3. The van der Waals surface area contributed by atoms with Crippen molar-refractivity contribution in [1.82, 2.24) is 0 Å². The molecule has 0 amide bonds. The first kappa shape index (κ1) is 11.9. The highest BCUT2D eigenvalue weighted by molar-refractivity contribution is 4.95. The molecule has 2 nitrogen and oxygen atoms in total. The predicted molar refractivity (Wildman–Crippen MR) is 52.9 cm³/mol. The third-order valence-corrected chi connectivity index (χ3v) is 3.18. The van der Waals surface area contributed by atoms with Gasteiger partial charge in [0.25, 0.3) is 0 Å². The van der Waals surface area contributed by atoms with Crippen LogP contribution in [0, 0.1) is 11.3 Å². The molecule has 0 bridgehead atoms. The monoisotopic (exact) mass is 173 g/mol. The highest BCUT2D eigenvalue weighted by Crippen LogP contribution is 2.38. The fraction of sp³-hybridized carbons (Fsp3) is 1.00. The van der Waals surface area contributed by atoms with Crippen LogP contribution in [0.3, 0.4) is 0 Å². The second-order valence-electron chi connectivity index (χ2n) is 4.52. The molecule has 12 heavy (non-hydrogen) atoms. The van der Waals surface area contributed by atoms with Crippen molar-refractivity contribution in [1.29, 1.82) is 0 Å². The Morgan fingerprint density at radius 3 is 1.83 bits per heavy atom. The molecular weight excluding hydrogens is 150 g/mol.